The van der Waals surface area contributed by atoms with Crippen molar-refractivity contribution in [3.63, 3.8) is 0 Å². The molecule has 1 aromatic carbocycles. The smallest absolute Gasteiger partial charge is 0.302 e. The third kappa shape index (κ3) is 7.85. The lowest BCUT2D eigenvalue weighted by molar-refractivity contribution is -0.139. The third-order valence-corrected chi connectivity index (χ3v) is 8.25. The second-order valence-corrected chi connectivity index (χ2v) is 11.8. The number of hydrogen-bond donors (Lipinski definition) is 0. The van der Waals surface area contributed by atoms with Crippen LogP contribution in [-0.2, 0) is 19.4 Å². The second-order valence-electron chi connectivity index (χ2n) is 9.63. The molecule has 0 heterocycles. The molecule has 1 aliphatic carbocycles. The Morgan fingerprint density at radius 1 is 1.15 bits per heavy atom. The van der Waals surface area contributed by atoms with E-state index < -0.39 is 15.1 Å². The maximum Gasteiger partial charge on any atom is 0.302 e. The van der Waals surface area contributed by atoms with Gasteiger partial charge in [-0.1, -0.05) is 67.0 Å². The van der Waals surface area contributed by atoms with Crippen molar-refractivity contribution in [1.29, 1.82) is 0 Å². The highest BCUT2D eigenvalue weighted by atomic mass is 32.2. The number of sulfone groups is 1. The Balaban J connectivity index is 2.36. The van der Waals surface area contributed by atoms with Crippen molar-refractivity contribution < 1.29 is 17.9 Å². The lowest BCUT2D eigenvalue weighted by Gasteiger charge is -2.33. The van der Waals surface area contributed by atoms with Crippen molar-refractivity contribution in [2.24, 2.45) is 5.41 Å². The van der Waals surface area contributed by atoms with Crippen LogP contribution >= 0.6 is 0 Å². The van der Waals surface area contributed by atoms with Crippen molar-refractivity contribution >= 4 is 15.8 Å². The molecule has 0 saturated heterocycles. The fourth-order valence-electron chi connectivity index (χ4n) is 4.32. The SMILES string of the molecule is CC(=O)OC/C=C(/C)C[C@H](/C=C(C)/C=C/C1=C(C)CCCC1(C)C)S(=O)(=O)c1ccccc1. The number of carbonyl (C=O) groups is 1. The van der Waals surface area contributed by atoms with E-state index in [2.05, 4.69) is 26.8 Å². The molecule has 0 N–H and O–H groups in total. The van der Waals surface area contributed by atoms with Crippen LogP contribution in [0.5, 0.6) is 0 Å². The van der Waals surface area contributed by atoms with Gasteiger partial charge in [-0.25, -0.2) is 8.42 Å². The molecule has 2 rings (SSSR count). The van der Waals surface area contributed by atoms with Crippen molar-refractivity contribution in [2.45, 2.75) is 77.4 Å². The van der Waals surface area contributed by atoms with Gasteiger partial charge in [0.05, 0.1) is 10.1 Å². The summed E-state index contributed by atoms with van der Waals surface area (Å²) in [7, 11) is -3.58. The first-order valence-corrected chi connectivity index (χ1v) is 13.1. The van der Waals surface area contributed by atoms with Crippen LogP contribution < -0.4 is 0 Å². The van der Waals surface area contributed by atoms with Gasteiger partial charge in [-0.3, -0.25) is 4.79 Å². The van der Waals surface area contributed by atoms with E-state index in [1.54, 1.807) is 30.3 Å². The van der Waals surface area contributed by atoms with Gasteiger partial charge in [-0.15, -0.1) is 0 Å². The predicted molar refractivity (Wildman–Crippen MR) is 136 cm³/mol. The van der Waals surface area contributed by atoms with E-state index in [9.17, 15) is 13.2 Å². The van der Waals surface area contributed by atoms with Crippen LogP contribution in [-0.4, -0.2) is 26.2 Å². The molecule has 4 nitrogen and oxygen atoms in total. The maximum atomic E-state index is 13.5. The molecule has 180 valence electrons. The number of benzene rings is 1. The Labute approximate surface area is 200 Å². The van der Waals surface area contributed by atoms with Crippen LogP contribution in [0.2, 0.25) is 0 Å². The lowest BCUT2D eigenvalue weighted by atomic mass is 9.72. The highest BCUT2D eigenvalue weighted by Crippen LogP contribution is 2.40. The first-order valence-electron chi connectivity index (χ1n) is 11.6. The van der Waals surface area contributed by atoms with E-state index in [4.69, 9.17) is 4.74 Å². The van der Waals surface area contributed by atoms with Gasteiger partial charge >= 0.3 is 5.97 Å². The van der Waals surface area contributed by atoms with Gasteiger partial charge in [0.1, 0.15) is 6.61 Å². The Kier molecular flexibility index (Phi) is 9.47. The van der Waals surface area contributed by atoms with Gasteiger partial charge in [0.25, 0.3) is 0 Å². The van der Waals surface area contributed by atoms with E-state index in [-0.39, 0.29) is 18.0 Å². The van der Waals surface area contributed by atoms with E-state index in [0.29, 0.717) is 11.3 Å². The summed E-state index contributed by atoms with van der Waals surface area (Å²) in [5.74, 6) is -0.358. The van der Waals surface area contributed by atoms with E-state index in [0.717, 1.165) is 24.0 Å². The fraction of sp³-hybridized carbons (Fsp3) is 0.464. The molecular weight excluding hydrogens is 432 g/mol. The molecule has 0 bridgehead atoms. The summed E-state index contributed by atoms with van der Waals surface area (Å²) in [6, 6.07) is 8.56. The second kappa shape index (κ2) is 11.6. The number of allylic oxidation sites excluding steroid dienone is 6. The van der Waals surface area contributed by atoms with Crippen molar-refractivity contribution in [2.75, 3.05) is 6.61 Å². The zero-order valence-electron chi connectivity index (χ0n) is 20.9. The molecule has 0 spiro atoms. The Hall–Kier alpha value is -2.40. The highest BCUT2D eigenvalue weighted by molar-refractivity contribution is 7.92. The number of carbonyl (C=O) groups excluding carboxylic acids is 1. The molecule has 5 heteroatoms. The highest BCUT2D eigenvalue weighted by Gasteiger charge is 2.27. The zero-order chi connectivity index (χ0) is 24.6. The number of hydrogen-bond acceptors (Lipinski definition) is 4. The van der Waals surface area contributed by atoms with Gasteiger partial charge in [0, 0.05) is 6.92 Å². The summed E-state index contributed by atoms with van der Waals surface area (Å²) in [6.07, 6.45) is 11.6. The minimum atomic E-state index is -3.58. The fourth-order valence-corrected chi connectivity index (χ4v) is 6.08. The first kappa shape index (κ1) is 26.8. The van der Waals surface area contributed by atoms with Gasteiger partial charge in [-0.05, 0) is 75.7 Å². The van der Waals surface area contributed by atoms with Crippen LogP contribution in [0.3, 0.4) is 0 Å². The average molecular weight is 471 g/mol. The predicted octanol–water partition coefficient (Wildman–Crippen LogP) is 6.76. The summed E-state index contributed by atoms with van der Waals surface area (Å²) in [5, 5.41) is -0.715. The molecule has 0 aliphatic heterocycles. The molecule has 0 fully saturated rings. The number of ether oxygens (including phenoxy) is 1. The number of rotatable bonds is 9. The molecule has 1 aromatic rings. The van der Waals surface area contributed by atoms with Gasteiger partial charge in [0.2, 0.25) is 0 Å². The van der Waals surface area contributed by atoms with Gasteiger partial charge in [0.15, 0.2) is 9.84 Å². The van der Waals surface area contributed by atoms with Crippen LogP contribution in [0.1, 0.15) is 67.2 Å². The minimum absolute atomic E-state index is 0.130. The Bertz CT molecular complexity index is 1050. The van der Waals surface area contributed by atoms with E-state index >= 15 is 0 Å². The normalized spacial score (nSPS) is 18.5. The van der Waals surface area contributed by atoms with Crippen LogP contribution in [0.25, 0.3) is 0 Å². The number of esters is 1. The molecule has 0 saturated carbocycles. The van der Waals surface area contributed by atoms with Gasteiger partial charge in [-0.2, -0.15) is 0 Å². The molecular formula is C28H38O4S. The molecule has 33 heavy (non-hydrogen) atoms. The van der Waals surface area contributed by atoms with Crippen molar-refractivity contribution in [3.8, 4) is 0 Å². The molecule has 0 unspecified atom stereocenters. The lowest BCUT2D eigenvalue weighted by Crippen LogP contribution is -2.20. The molecule has 1 aliphatic rings. The van der Waals surface area contributed by atoms with Crippen LogP contribution in [0, 0.1) is 5.41 Å². The Morgan fingerprint density at radius 2 is 1.82 bits per heavy atom. The van der Waals surface area contributed by atoms with Crippen molar-refractivity contribution in [3.05, 3.63) is 76.9 Å². The molecule has 1 atom stereocenters. The van der Waals surface area contributed by atoms with Crippen molar-refractivity contribution in [1.82, 2.24) is 0 Å². The summed E-state index contributed by atoms with van der Waals surface area (Å²) in [4.78, 5) is 11.3. The summed E-state index contributed by atoms with van der Waals surface area (Å²) >= 11 is 0. The average Bonchev–Trinajstić information content (AvgIpc) is 2.72. The summed E-state index contributed by atoms with van der Waals surface area (Å²) < 4.78 is 31.9. The topological polar surface area (TPSA) is 60.4 Å². The largest absolute Gasteiger partial charge is 0.462 e. The van der Waals surface area contributed by atoms with Crippen LogP contribution in [0.15, 0.2) is 81.8 Å². The summed E-state index contributed by atoms with van der Waals surface area (Å²) in [6.45, 7) is 12.1. The van der Waals surface area contributed by atoms with E-state index in [1.165, 1.54) is 24.5 Å². The monoisotopic (exact) mass is 470 g/mol. The quantitative estimate of drug-likeness (QED) is 0.227. The maximum absolute atomic E-state index is 13.5. The summed E-state index contributed by atoms with van der Waals surface area (Å²) in [5.41, 5.74) is 4.66. The first-order chi connectivity index (χ1) is 15.4. The minimum Gasteiger partial charge on any atom is -0.462 e. The Morgan fingerprint density at radius 3 is 2.42 bits per heavy atom. The van der Waals surface area contributed by atoms with Crippen LogP contribution in [0.4, 0.5) is 0 Å². The molecule has 0 amide bonds. The molecule has 0 radical (unpaired) electrons. The molecule has 0 aromatic heterocycles. The van der Waals surface area contributed by atoms with E-state index in [1.807, 2.05) is 32.1 Å². The standard InChI is InChI=1S/C28H38O4S/c1-21(14-15-27-23(3)11-10-17-28(27,5)6)19-26(20-22(2)16-18-32-24(4)29)33(30,31)25-12-8-7-9-13-25/h7-9,12-16,19,26H,10-11,17-18,20H2,1-6H3/b15-14+,21-19+,22-16-/t26-/m0/s1. The third-order valence-electron chi connectivity index (χ3n) is 6.22. The zero-order valence-corrected chi connectivity index (χ0v) is 21.7. The van der Waals surface area contributed by atoms with Gasteiger partial charge < -0.3 is 4.74 Å².